The van der Waals surface area contributed by atoms with Crippen LogP contribution in [-0.2, 0) is 24.0 Å². The van der Waals surface area contributed by atoms with Gasteiger partial charge in [-0.2, -0.15) is 11.8 Å². The Bertz CT molecular complexity index is 792. The monoisotopic (exact) mass is 534 g/mol. The number of hydrogen-bond acceptors (Lipinski definition) is 9. The fourth-order valence-electron chi connectivity index (χ4n) is 2.90. The molecule has 15 nitrogen and oxygen atoms in total. The molecule has 0 fully saturated rings. The van der Waals surface area contributed by atoms with Crippen LogP contribution in [0.5, 0.6) is 0 Å². The zero-order valence-electron chi connectivity index (χ0n) is 20.4. The van der Waals surface area contributed by atoms with Crippen LogP contribution in [0.4, 0.5) is 0 Å². The van der Waals surface area contributed by atoms with Crippen molar-refractivity contribution in [2.75, 3.05) is 18.6 Å². The number of amides is 4. The number of rotatable bonds is 18. The van der Waals surface area contributed by atoms with E-state index in [1.54, 1.807) is 6.26 Å². The number of hydrogen-bond donors (Lipinski definition) is 9. The number of carboxylic acids is 1. The number of nitrogens with one attached hydrogen (secondary N) is 3. The van der Waals surface area contributed by atoms with Crippen molar-refractivity contribution >= 4 is 47.3 Å². The number of carbonyl (C=O) groups excluding carboxylic acids is 4. The van der Waals surface area contributed by atoms with Crippen LogP contribution in [0.2, 0.25) is 0 Å². The lowest BCUT2D eigenvalue weighted by Crippen LogP contribution is -2.58. The van der Waals surface area contributed by atoms with E-state index in [0.29, 0.717) is 5.75 Å². The van der Waals surface area contributed by atoms with Crippen LogP contribution in [0, 0.1) is 0 Å². The summed E-state index contributed by atoms with van der Waals surface area (Å²) >= 11 is 1.42. The molecule has 0 bridgehead atoms. The van der Waals surface area contributed by atoms with Crippen molar-refractivity contribution < 1.29 is 34.2 Å². The predicted molar refractivity (Wildman–Crippen MR) is 134 cm³/mol. The van der Waals surface area contributed by atoms with Crippen molar-refractivity contribution in [3.63, 3.8) is 0 Å². The van der Waals surface area contributed by atoms with Crippen LogP contribution in [0.25, 0.3) is 0 Å². The molecule has 0 aliphatic heterocycles. The van der Waals surface area contributed by atoms with E-state index in [4.69, 9.17) is 22.9 Å². The highest BCUT2D eigenvalue weighted by atomic mass is 32.2. The summed E-state index contributed by atoms with van der Waals surface area (Å²) in [5, 5.41) is 26.1. The Morgan fingerprint density at radius 2 is 1.47 bits per heavy atom. The van der Waals surface area contributed by atoms with Crippen LogP contribution in [-0.4, -0.2) is 94.6 Å². The lowest BCUT2D eigenvalue weighted by Gasteiger charge is -2.25. The number of carbonyl (C=O) groups is 5. The van der Waals surface area contributed by atoms with Gasteiger partial charge in [-0.15, -0.1) is 0 Å². The molecule has 0 aliphatic rings. The van der Waals surface area contributed by atoms with Gasteiger partial charge in [-0.05, 0) is 44.6 Å². The van der Waals surface area contributed by atoms with E-state index < -0.39 is 59.9 Å². The normalized spacial score (nSPS) is 14.9. The van der Waals surface area contributed by atoms with Crippen LogP contribution in [0.3, 0.4) is 0 Å². The first kappa shape index (κ1) is 32.9. The van der Waals surface area contributed by atoms with Crippen molar-refractivity contribution in [3.8, 4) is 0 Å². The Kier molecular flexibility index (Phi) is 15.8. The van der Waals surface area contributed by atoms with Crippen LogP contribution in [0.15, 0.2) is 4.99 Å². The first-order valence-corrected chi connectivity index (χ1v) is 12.6. The summed E-state index contributed by atoms with van der Waals surface area (Å²) < 4.78 is 0. The molecule has 36 heavy (non-hydrogen) atoms. The van der Waals surface area contributed by atoms with E-state index in [1.807, 2.05) is 0 Å². The molecule has 5 atom stereocenters. The SMILES string of the molecule is CSCCC(NC(=O)C(N)CCC(N)=O)C(=O)NC(CCCN=C(N)N)C(=O)NC(C(=O)O)C(C)O. The zero-order chi connectivity index (χ0) is 27.8. The fraction of sp³-hybridized carbons (Fsp3) is 0.700. The molecule has 0 aromatic rings. The number of aliphatic imine (C=N–C) groups is 1. The Morgan fingerprint density at radius 3 is 1.97 bits per heavy atom. The number of aliphatic hydroxyl groups is 1. The number of aliphatic carboxylic acids is 1. The van der Waals surface area contributed by atoms with Gasteiger partial charge in [0, 0.05) is 13.0 Å². The molecular formula is C20H38N8O7S. The molecule has 206 valence electrons. The summed E-state index contributed by atoms with van der Waals surface area (Å²) in [6.45, 7) is 1.34. The fourth-order valence-corrected chi connectivity index (χ4v) is 3.37. The third kappa shape index (κ3) is 13.7. The van der Waals surface area contributed by atoms with Crippen molar-refractivity contribution in [1.82, 2.24) is 16.0 Å². The molecule has 4 amide bonds. The van der Waals surface area contributed by atoms with Crippen molar-refractivity contribution in [3.05, 3.63) is 0 Å². The molecule has 0 aromatic carbocycles. The Morgan fingerprint density at radius 1 is 0.917 bits per heavy atom. The summed E-state index contributed by atoms with van der Waals surface area (Å²) in [6.07, 6.45) is 0.767. The number of aliphatic hydroxyl groups excluding tert-OH is 1. The van der Waals surface area contributed by atoms with Crippen molar-refractivity contribution in [1.29, 1.82) is 0 Å². The average Bonchev–Trinajstić information content (AvgIpc) is 2.79. The second kappa shape index (κ2) is 17.3. The maximum absolute atomic E-state index is 13.0. The lowest BCUT2D eigenvalue weighted by molar-refractivity contribution is -0.145. The van der Waals surface area contributed by atoms with Gasteiger partial charge in [0.2, 0.25) is 23.6 Å². The van der Waals surface area contributed by atoms with Gasteiger partial charge in [0.1, 0.15) is 12.1 Å². The Labute approximate surface area is 213 Å². The summed E-state index contributed by atoms with van der Waals surface area (Å²) in [5.74, 6) is -3.99. The minimum atomic E-state index is -1.61. The summed E-state index contributed by atoms with van der Waals surface area (Å²) in [5.41, 5.74) is 21.4. The molecule has 0 aliphatic carbocycles. The van der Waals surface area contributed by atoms with Gasteiger partial charge in [0.15, 0.2) is 12.0 Å². The van der Waals surface area contributed by atoms with Gasteiger partial charge >= 0.3 is 5.97 Å². The third-order valence-electron chi connectivity index (χ3n) is 4.91. The number of nitrogens with two attached hydrogens (primary N) is 4. The van der Waals surface area contributed by atoms with Gasteiger partial charge in [-0.3, -0.25) is 24.2 Å². The third-order valence-corrected chi connectivity index (χ3v) is 5.55. The molecule has 0 saturated carbocycles. The van der Waals surface area contributed by atoms with Crippen molar-refractivity contribution in [2.45, 2.75) is 69.3 Å². The topological polar surface area (TPSA) is 278 Å². The number of guanidine groups is 1. The van der Waals surface area contributed by atoms with E-state index in [2.05, 4.69) is 20.9 Å². The second-order valence-corrected chi connectivity index (χ2v) is 9.01. The first-order valence-electron chi connectivity index (χ1n) is 11.2. The van der Waals surface area contributed by atoms with Gasteiger partial charge in [-0.1, -0.05) is 0 Å². The van der Waals surface area contributed by atoms with E-state index in [-0.39, 0.29) is 44.6 Å². The lowest BCUT2D eigenvalue weighted by atomic mass is 10.1. The Hall–Kier alpha value is -3.11. The standard InChI is InChI=1S/C20H38N8O7S/c1-10(29)15(19(34)35)28-18(33)12(4-3-8-25-20(23)24)27-17(32)13(7-9-36-2)26-16(31)11(21)5-6-14(22)30/h10-13,15,29H,3-9,21H2,1-2H3,(H2,22,30)(H,26,31)(H,27,32)(H,28,33)(H,34,35)(H4,23,24,25). The molecule has 0 heterocycles. The quantitative estimate of drug-likeness (QED) is 0.0468. The van der Waals surface area contributed by atoms with Gasteiger partial charge in [0.05, 0.1) is 12.1 Å². The highest BCUT2D eigenvalue weighted by molar-refractivity contribution is 7.98. The number of carboxylic acid groups (broad SMARTS) is 1. The molecule has 0 spiro atoms. The van der Waals surface area contributed by atoms with Gasteiger partial charge in [0.25, 0.3) is 0 Å². The zero-order valence-corrected chi connectivity index (χ0v) is 21.3. The minimum absolute atomic E-state index is 0.0101. The second-order valence-electron chi connectivity index (χ2n) is 8.03. The van der Waals surface area contributed by atoms with Crippen LogP contribution < -0.4 is 38.9 Å². The van der Waals surface area contributed by atoms with Gasteiger partial charge in [-0.25, -0.2) is 4.79 Å². The van der Waals surface area contributed by atoms with Gasteiger partial charge < -0.3 is 49.1 Å². The Balaban J connectivity index is 5.56. The van der Waals surface area contributed by atoms with Crippen LogP contribution in [0.1, 0.15) is 39.0 Å². The molecule has 0 aromatic heterocycles. The minimum Gasteiger partial charge on any atom is -0.480 e. The van der Waals surface area contributed by atoms with E-state index >= 15 is 0 Å². The number of thioether (sulfide) groups is 1. The van der Waals surface area contributed by atoms with E-state index in [9.17, 15) is 34.2 Å². The van der Waals surface area contributed by atoms with E-state index in [0.717, 1.165) is 0 Å². The summed E-state index contributed by atoms with van der Waals surface area (Å²) in [6, 6.07) is -4.97. The molecule has 5 unspecified atom stereocenters. The molecule has 0 radical (unpaired) electrons. The summed E-state index contributed by atoms with van der Waals surface area (Å²) in [4.78, 5) is 64.4. The average molecular weight is 535 g/mol. The highest BCUT2D eigenvalue weighted by Crippen LogP contribution is 2.06. The molecule has 16 heteroatoms. The van der Waals surface area contributed by atoms with E-state index in [1.165, 1.54) is 18.7 Å². The summed E-state index contributed by atoms with van der Waals surface area (Å²) in [7, 11) is 0. The highest BCUT2D eigenvalue weighted by Gasteiger charge is 2.31. The smallest absolute Gasteiger partial charge is 0.328 e. The molecule has 13 N–H and O–H groups in total. The maximum Gasteiger partial charge on any atom is 0.328 e. The number of primary amides is 1. The van der Waals surface area contributed by atoms with Crippen molar-refractivity contribution in [2.24, 2.45) is 27.9 Å². The predicted octanol–water partition coefficient (Wildman–Crippen LogP) is -3.69. The molecule has 0 saturated heterocycles. The van der Waals surface area contributed by atoms with Crippen LogP contribution >= 0.6 is 11.8 Å². The first-order chi connectivity index (χ1) is 16.8. The molecular weight excluding hydrogens is 496 g/mol. The maximum atomic E-state index is 13.0. The largest absolute Gasteiger partial charge is 0.480 e. The number of nitrogens with zero attached hydrogens (tertiary/aromatic N) is 1. The molecule has 0 rings (SSSR count).